The molecule has 0 saturated carbocycles. The lowest BCUT2D eigenvalue weighted by Gasteiger charge is -2.17. The van der Waals surface area contributed by atoms with Gasteiger partial charge in [0, 0.05) is 15.5 Å². The Kier molecular flexibility index (Phi) is 4.06. The molecule has 1 atom stereocenters. The third kappa shape index (κ3) is 2.96. The molecule has 0 amide bonds. The molecule has 1 aliphatic rings. The molecular weight excluding hydrogens is 273 g/mol. The van der Waals surface area contributed by atoms with Gasteiger partial charge in [-0.3, -0.25) is 0 Å². The van der Waals surface area contributed by atoms with Gasteiger partial charge in [0.1, 0.15) is 0 Å². The number of nitrogens with one attached hydrogen (secondary N) is 1. The molecule has 1 aromatic rings. The third-order valence-corrected chi connectivity index (χ3v) is 3.82. The molecule has 1 fully saturated rings. The van der Waals surface area contributed by atoms with Crippen LogP contribution in [0.25, 0.3) is 0 Å². The van der Waals surface area contributed by atoms with E-state index >= 15 is 0 Å². The summed E-state index contributed by atoms with van der Waals surface area (Å²) < 4.78 is 1.12. The van der Waals surface area contributed by atoms with Crippen molar-refractivity contribution in [2.75, 3.05) is 6.54 Å². The highest BCUT2D eigenvalue weighted by atomic mass is 79.9. The van der Waals surface area contributed by atoms with Crippen LogP contribution in [0.5, 0.6) is 0 Å². The van der Waals surface area contributed by atoms with Crippen LogP contribution < -0.4 is 5.32 Å². The Morgan fingerprint density at radius 2 is 2.13 bits per heavy atom. The third-order valence-electron chi connectivity index (χ3n) is 2.90. The summed E-state index contributed by atoms with van der Waals surface area (Å²) in [7, 11) is 0. The lowest BCUT2D eigenvalue weighted by atomic mass is 10.0. The molecule has 1 aliphatic heterocycles. The molecule has 0 radical (unpaired) electrons. The van der Waals surface area contributed by atoms with Crippen LogP contribution in [-0.2, 0) is 0 Å². The Labute approximate surface area is 104 Å². The molecule has 3 heteroatoms. The summed E-state index contributed by atoms with van der Waals surface area (Å²) in [6.07, 6.45) is 5.17. The van der Waals surface area contributed by atoms with E-state index in [1.54, 1.807) is 0 Å². The summed E-state index contributed by atoms with van der Waals surface area (Å²) in [6.45, 7) is 1.12. The molecule has 1 saturated heterocycles. The quantitative estimate of drug-likeness (QED) is 0.812. The van der Waals surface area contributed by atoms with Gasteiger partial charge in [0.05, 0.1) is 0 Å². The first-order chi connectivity index (χ1) is 7.27. The van der Waals surface area contributed by atoms with E-state index in [4.69, 9.17) is 11.6 Å². The predicted molar refractivity (Wildman–Crippen MR) is 68.4 cm³/mol. The average molecular weight is 289 g/mol. The van der Waals surface area contributed by atoms with Crippen LogP contribution in [0.3, 0.4) is 0 Å². The van der Waals surface area contributed by atoms with Gasteiger partial charge in [-0.05, 0) is 37.1 Å². The molecule has 1 aromatic carbocycles. The van der Waals surface area contributed by atoms with Crippen LogP contribution in [0.1, 0.15) is 37.3 Å². The van der Waals surface area contributed by atoms with Gasteiger partial charge in [-0.25, -0.2) is 0 Å². The summed E-state index contributed by atoms with van der Waals surface area (Å²) in [4.78, 5) is 0. The Hall–Kier alpha value is -0.0500. The Bertz CT molecular complexity index is 332. The van der Waals surface area contributed by atoms with Gasteiger partial charge in [0.15, 0.2) is 0 Å². The van der Waals surface area contributed by atoms with E-state index in [1.165, 1.54) is 31.2 Å². The van der Waals surface area contributed by atoms with Crippen molar-refractivity contribution in [3.63, 3.8) is 0 Å². The molecule has 1 heterocycles. The highest BCUT2D eigenvalue weighted by molar-refractivity contribution is 9.10. The molecule has 1 N–H and O–H groups in total. The molecular formula is C12H15BrClN. The fourth-order valence-corrected chi connectivity index (χ4v) is 3.04. The lowest BCUT2D eigenvalue weighted by Crippen LogP contribution is -2.20. The molecule has 0 aliphatic carbocycles. The van der Waals surface area contributed by atoms with Crippen LogP contribution in [-0.4, -0.2) is 6.54 Å². The molecule has 1 unspecified atom stereocenters. The minimum atomic E-state index is 0.485. The standard InChI is InChI=1S/C12H15BrClN/c13-11-8-9(14)5-6-10(11)12-4-2-1-3-7-15-12/h5-6,8,12,15H,1-4,7H2. The van der Waals surface area contributed by atoms with Crippen LogP contribution in [0.15, 0.2) is 22.7 Å². The van der Waals surface area contributed by atoms with Gasteiger partial charge >= 0.3 is 0 Å². The molecule has 0 spiro atoms. The van der Waals surface area contributed by atoms with E-state index in [0.29, 0.717) is 6.04 Å². The number of hydrogen-bond acceptors (Lipinski definition) is 1. The maximum absolute atomic E-state index is 5.94. The topological polar surface area (TPSA) is 12.0 Å². The van der Waals surface area contributed by atoms with E-state index in [-0.39, 0.29) is 0 Å². The second-order valence-electron chi connectivity index (χ2n) is 4.02. The first-order valence-electron chi connectivity index (χ1n) is 5.46. The monoisotopic (exact) mass is 287 g/mol. The summed E-state index contributed by atoms with van der Waals surface area (Å²) >= 11 is 9.52. The molecule has 82 valence electrons. The fourth-order valence-electron chi connectivity index (χ4n) is 2.08. The smallest absolute Gasteiger partial charge is 0.0417 e. The fraction of sp³-hybridized carbons (Fsp3) is 0.500. The zero-order valence-corrected chi connectivity index (χ0v) is 10.9. The number of halogens is 2. The summed E-state index contributed by atoms with van der Waals surface area (Å²) in [5.74, 6) is 0. The summed E-state index contributed by atoms with van der Waals surface area (Å²) in [6, 6.07) is 6.55. The zero-order chi connectivity index (χ0) is 10.7. The van der Waals surface area contributed by atoms with Crippen LogP contribution >= 0.6 is 27.5 Å². The van der Waals surface area contributed by atoms with E-state index in [1.807, 2.05) is 12.1 Å². The van der Waals surface area contributed by atoms with Crippen molar-refractivity contribution < 1.29 is 0 Å². The highest BCUT2D eigenvalue weighted by Gasteiger charge is 2.15. The van der Waals surface area contributed by atoms with Gasteiger partial charge in [0.25, 0.3) is 0 Å². The normalized spacial score (nSPS) is 22.4. The summed E-state index contributed by atoms with van der Waals surface area (Å²) in [5, 5.41) is 4.38. The Morgan fingerprint density at radius 1 is 1.27 bits per heavy atom. The Balaban J connectivity index is 2.19. The van der Waals surface area contributed by atoms with Crippen molar-refractivity contribution in [3.8, 4) is 0 Å². The first-order valence-corrected chi connectivity index (χ1v) is 6.63. The number of rotatable bonds is 1. The van der Waals surface area contributed by atoms with Crippen molar-refractivity contribution in [2.24, 2.45) is 0 Å². The van der Waals surface area contributed by atoms with Crippen molar-refractivity contribution in [2.45, 2.75) is 31.7 Å². The zero-order valence-electron chi connectivity index (χ0n) is 8.60. The van der Waals surface area contributed by atoms with E-state index in [2.05, 4.69) is 27.3 Å². The average Bonchev–Trinajstić information content (AvgIpc) is 2.46. The van der Waals surface area contributed by atoms with E-state index < -0.39 is 0 Å². The van der Waals surface area contributed by atoms with E-state index in [9.17, 15) is 0 Å². The van der Waals surface area contributed by atoms with Gasteiger partial charge < -0.3 is 5.32 Å². The van der Waals surface area contributed by atoms with Gasteiger partial charge in [0.2, 0.25) is 0 Å². The lowest BCUT2D eigenvalue weighted by molar-refractivity contribution is 0.533. The predicted octanol–water partition coefficient (Wildman–Crippen LogP) is 4.31. The van der Waals surface area contributed by atoms with Crippen molar-refractivity contribution in [1.82, 2.24) is 5.32 Å². The van der Waals surface area contributed by atoms with Gasteiger partial charge in [-0.2, -0.15) is 0 Å². The highest BCUT2D eigenvalue weighted by Crippen LogP contribution is 2.30. The SMILES string of the molecule is Clc1ccc(C2CCCCCN2)c(Br)c1. The van der Waals surface area contributed by atoms with Crippen molar-refractivity contribution >= 4 is 27.5 Å². The minimum absolute atomic E-state index is 0.485. The van der Waals surface area contributed by atoms with Crippen LogP contribution in [0.2, 0.25) is 5.02 Å². The van der Waals surface area contributed by atoms with Crippen molar-refractivity contribution in [1.29, 1.82) is 0 Å². The largest absolute Gasteiger partial charge is 0.310 e. The van der Waals surface area contributed by atoms with Crippen LogP contribution in [0.4, 0.5) is 0 Å². The Morgan fingerprint density at radius 3 is 2.93 bits per heavy atom. The van der Waals surface area contributed by atoms with E-state index in [0.717, 1.165) is 16.0 Å². The number of hydrogen-bond donors (Lipinski definition) is 1. The molecule has 15 heavy (non-hydrogen) atoms. The van der Waals surface area contributed by atoms with Crippen molar-refractivity contribution in [3.05, 3.63) is 33.3 Å². The maximum Gasteiger partial charge on any atom is 0.0417 e. The number of benzene rings is 1. The van der Waals surface area contributed by atoms with Gasteiger partial charge in [-0.15, -0.1) is 0 Å². The summed E-state index contributed by atoms with van der Waals surface area (Å²) in [5.41, 5.74) is 1.33. The van der Waals surface area contributed by atoms with Gasteiger partial charge in [-0.1, -0.05) is 46.4 Å². The maximum atomic E-state index is 5.94. The molecule has 0 aromatic heterocycles. The molecule has 1 nitrogen and oxygen atoms in total. The molecule has 2 rings (SSSR count). The second kappa shape index (κ2) is 5.33. The minimum Gasteiger partial charge on any atom is -0.310 e. The second-order valence-corrected chi connectivity index (χ2v) is 5.31. The van der Waals surface area contributed by atoms with Crippen LogP contribution in [0, 0.1) is 0 Å². The first kappa shape index (κ1) is 11.4. The molecule has 0 bridgehead atoms.